The summed E-state index contributed by atoms with van der Waals surface area (Å²) in [4.78, 5) is 4.37. The number of hydrogen-bond acceptors (Lipinski definition) is 3. The highest BCUT2D eigenvalue weighted by molar-refractivity contribution is 14.0. The third kappa shape index (κ3) is 7.44. The first-order valence-electron chi connectivity index (χ1n) is 7.24. The molecule has 1 aromatic carbocycles. The maximum Gasteiger partial charge on any atom is 0.191 e. The molecule has 0 bridgehead atoms. The lowest BCUT2D eigenvalue weighted by atomic mass is 10.1. The summed E-state index contributed by atoms with van der Waals surface area (Å²) in [6, 6.07) is 10.7. The van der Waals surface area contributed by atoms with Gasteiger partial charge in [0, 0.05) is 12.3 Å². The van der Waals surface area contributed by atoms with Crippen molar-refractivity contribution in [1.29, 1.82) is 0 Å². The first-order chi connectivity index (χ1) is 9.94. The smallest absolute Gasteiger partial charge is 0.191 e. The number of halogens is 1. The summed E-state index contributed by atoms with van der Waals surface area (Å²) in [5.41, 5.74) is 1.17. The molecule has 0 aliphatic heterocycles. The van der Waals surface area contributed by atoms with Crippen LogP contribution in [0.3, 0.4) is 0 Å². The SMILES string of the molecule is CC(NC(=NCCS(C)(=O)=O)NC1CC1)c1ccccc1.I. The average Bonchev–Trinajstić information content (AvgIpc) is 3.22. The molecule has 1 saturated carbocycles. The molecule has 0 heterocycles. The van der Waals surface area contributed by atoms with Crippen molar-refractivity contribution in [3.8, 4) is 0 Å². The van der Waals surface area contributed by atoms with Gasteiger partial charge >= 0.3 is 0 Å². The van der Waals surface area contributed by atoms with E-state index in [1.807, 2.05) is 18.2 Å². The predicted octanol–water partition coefficient (Wildman–Crippen LogP) is 2.11. The molecular weight excluding hydrogens is 413 g/mol. The fourth-order valence-electron chi connectivity index (χ4n) is 1.91. The molecule has 22 heavy (non-hydrogen) atoms. The molecule has 1 fully saturated rings. The van der Waals surface area contributed by atoms with Crippen molar-refractivity contribution in [1.82, 2.24) is 10.6 Å². The van der Waals surface area contributed by atoms with E-state index in [9.17, 15) is 8.42 Å². The first kappa shape index (κ1) is 19.2. The standard InChI is InChI=1S/C15H23N3O2S.HI/c1-12(13-6-4-3-5-7-13)17-15(18-14-8-9-14)16-10-11-21(2,19)20;/h3-7,12,14H,8-11H2,1-2H3,(H2,16,17,18);1H. The van der Waals surface area contributed by atoms with Gasteiger partial charge in [0.1, 0.15) is 9.84 Å². The Bertz CT molecular complexity index is 586. The second kappa shape index (κ2) is 8.71. The van der Waals surface area contributed by atoms with Gasteiger partial charge in [0.2, 0.25) is 0 Å². The number of rotatable bonds is 6. The van der Waals surface area contributed by atoms with Gasteiger partial charge in [-0.2, -0.15) is 0 Å². The van der Waals surface area contributed by atoms with Gasteiger partial charge in [0.15, 0.2) is 5.96 Å². The Morgan fingerprint density at radius 3 is 2.50 bits per heavy atom. The summed E-state index contributed by atoms with van der Waals surface area (Å²) in [6.07, 6.45) is 3.52. The maximum absolute atomic E-state index is 11.2. The fourth-order valence-corrected chi connectivity index (χ4v) is 2.33. The molecule has 1 aliphatic rings. The van der Waals surface area contributed by atoms with Crippen molar-refractivity contribution >= 4 is 39.8 Å². The highest BCUT2D eigenvalue weighted by atomic mass is 127. The molecule has 1 aromatic rings. The zero-order valence-electron chi connectivity index (χ0n) is 13.0. The summed E-state index contributed by atoms with van der Waals surface area (Å²) >= 11 is 0. The van der Waals surface area contributed by atoms with Crippen LogP contribution in [0.4, 0.5) is 0 Å². The topological polar surface area (TPSA) is 70.6 Å². The number of hydrogen-bond donors (Lipinski definition) is 2. The number of guanidine groups is 1. The Morgan fingerprint density at radius 2 is 1.95 bits per heavy atom. The Kier molecular flexibility index (Phi) is 7.61. The molecule has 0 saturated heterocycles. The second-order valence-electron chi connectivity index (χ2n) is 5.56. The van der Waals surface area contributed by atoms with Crippen molar-refractivity contribution in [3.63, 3.8) is 0 Å². The Hall–Kier alpha value is -0.830. The lowest BCUT2D eigenvalue weighted by Crippen LogP contribution is -2.40. The third-order valence-electron chi connectivity index (χ3n) is 3.30. The highest BCUT2D eigenvalue weighted by Gasteiger charge is 2.23. The Balaban J connectivity index is 0.00000242. The van der Waals surface area contributed by atoms with E-state index in [1.54, 1.807) is 0 Å². The summed E-state index contributed by atoms with van der Waals surface area (Å²) in [6.45, 7) is 2.35. The van der Waals surface area contributed by atoms with Gasteiger partial charge in [-0.15, -0.1) is 24.0 Å². The maximum atomic E-state index is 11.2. The summed E-state index contributed by atoms with van der Waals surface area (Å²) in [5.74, 6) is 0.766. The lowest BCUT2D eigenvalue weighted by molar-refractivity contribution is 0.601. The number of nitrogens with one attached hydrogen (secondary N) is 2. The number of aliphatic imine (C=N–C) groups is 1. The van der Waals surface area contributed by atoms with Crippen LogP contribution in [0.5, 0.6) is 0 Å². The fraction of sp³-hybridized carbons (Fsp3) is 0.533. The van der Waals surface area contributed by atoms with Crippen LogP contribution in [0.25, 0.3) is 0 Å². The van der Waals surface area contributed by atoms with E-state index in [0.29, 0.717) is 12.0 Å². The largest absolute Gasteiger partial charge is 0.354 e. The van der Waals surface area contributed by atoms with Crippen molar-refractivity contribution in [2.75, 3.05) is 18.6 Å². The van der Waals surface area contributed by atoms with E-state index in [0.717, 1.165) is 12.8 Å². The molecule has 0 aromatic heterocycles. The van der Waals surface area contributed by atoms with Crippen molar-refractivity contribution < 1.29 is 8.42 Å². The van der Waals surface area contributed by atoms with E-state index in [2.05, 4.69) is 34.7 Å². The summed E-state index contributed by atoms with van der Waals surface area (Å²) in [5, 5.41) is 6.66. The molecule has 7 heteroatoms. The molecule has 5 nitrogen and oxygen atoms in total. The van der Waals surface area contributed by atoms with Gasteiger partial charge in [0.25, 0.3) is 0 Å². The summed E-state index contributed by atoms with van der Waals surface area (Å²) < 4.78 is 22.4. The second-order valence-corrected chi connectivity index (χ2v) is 7.82. The van der Waals surface area contributed by atoms with Crippen LogP contribution in [-0.2, 0) is 9.84 Å². The van der Waals surface area contributed by atoms with Gasteiger partial charge in [-0.3, -0.25) is 4.99 Å². The van der Waals surface area contributed by atoms with E-state index >= 15 is 0 Å². The van der Waals surface area contributed by atoms with Crippen LogP contribution in [0, 0.1) is 0 Å². The van der Waals surface area contributed by atoms with E-state index < -0.39 is 9.84 Å². The Morgan fingerprint density at radius 1 is 1.32 bits per heavy atom. The van der Waals surface area contributed by atoms with Crippen LogP contribution < -0.4 is 10.6 Å². The van der Waals surface area contributed by atoms with E-state index in [4.69, 9.17) is 0 Å². The highest BCUT2D eigenvalue weighted by Crippen LogP contribution is 2.19. The van der Waals surface area contributed by atoms with Crippen LogP contribution in [-0.4, -0.2) is 39.0 Å². The minimum atomic E-state index is -2.98. The van der Waals surface area contributed by atoms with Gasteiger partial charge in [-0.1, -0.05) is 30.3 Å². The molecule has 0 spiro atoms. The number of sulfone groups is 1. The monoisotopic (exact) mass is 437 g/mol. The molecule has 0 amide bonds. The average molecular weight is 437 g/mol. The minimum absolute atomic E-state index is 0. The molecular formula is C15H24IN3O2S. The molecule has 1 unspecified atom stereocenters. The van der Waals surface area contributed by atoms with Crippen LogP contribution in [0.2, 0.25) is 0 Å². The van der Waals surface area contributed by atoms with Gasteiger partial charge in [-0.25, -0.2) is 8.42 Å². The Labute approximate surface area is 149 Å². The van der Waals surface area contributed by atoms with Crippen molar-refractivity contribution in [2.24, 2.45) is 4.99 Å². The van der Waals surface area contributed by atoms with E-state index in [1.165, 1.54) is 11.8 Å². The molecule has 124 valence electrons. The van der Waals surface area contributed by atoms with E-state index in [-0.39, 0.29) is 42.3 Å². The van der Waals surface area contributed by atoms with Gasteiger partial charge in [-0.05, 0) is 25.3 Å². The molecule has 1 aliphatic carbocycles. The van der Waals surface area contributed by atoms with Crippen molar-refractivity contribution in [3.05, 3.63) is 35.9 Å². The first-order valence-corrected chi connectivity index (χ1v) is 9.30. The normalized spacial score (nSPS) is 16.5. The molecule has 2 N–H and O–H groups in total. The molecule has 1 atom stereocenters. The zero-order valence-corrected chi connectivity index (χ0v) is 16.1. The minimum Gasteiger partial charge on any atom is -0.354 e. The number of benzene rings is 1. The third-order valence-corrected chi connectivity index (χ3v) is 4.23. The van der Waals surface area contributed by atoms with Gasteiger partial charge in [0.05, 0.1) is 18.3 Å². The van der Waals surface area contributed by atoms with Crippen LogP contribution >= 0.6 is 24.0 Å². The molecule has 2 rings (SSSR count). The van der Waals surface area contributed by atoms with Crippen LogP contribution in [0.15, 0.2) is 35.3 Å². The van der Waals surface area contributed by atoms with Crippen LogP contribution in [0.1, 0.15) is 31.4 Å². The zero-order chi connectivity index (χ0) is 15.3. The lowest BCUT2D eigenvalue weighted by Gasteiger charge is -2.18. The van der Waals surface area contributed by atoms with Crippen molar-refractivity contribution in [2.45, 2.75) is 31.8 Å². The quantitative estimate of drug-likeness (QED) is 0.407. The molecule has 0 radical (unpaired) electrons. The van der Waals surface area contributed by atoms with Gasteiger partial charge < -0.3 is 10.6 Å². The summed E-state index contributed by atoms with van der Waals surface area (Å²) in [7, 11) is -2.98. The predicted molar refractivity (Wildman–Crippen MR) is 102 cm³/mol. The number of nitrogens with zero attached hydrogens (tertiary/aromatic N) is 1.